The number of ether oxygens (including phenoxy) is 1. The van der Waals surface area contributed by atoms with Gasteiger partial charge < -0.3 is 10.1 Å². The number of nitrogens with zero attached hydrogens (tertiary/aromatic N) is 1. The summed E-state index contributed by atoms with van der Waals surface area (Å²) in [6, 6.07) is 9.46. The summed E-state index contributed by atoms with van der Waals surface area (Å²) in [6.45, 7) is 2.76. The largest absolute Gasteiger partial charge is 0.464 e. The molecule has 2 heterocycles. The molecule has 0 radical (unpaired) electrons. The molecule has 1 aromatic rings. The van der Waals surface area contributed by atoms with Gasteiger partial charge in [0.2, 0.25) is 0 Å². The van der Waals surface area contributed by atoms with Crippen LogP contribution in [0.1, 0.15) is 42.5 Å². The molecule has 0 aromatic heterocycles. The highest BCUT2D eigenvalue weighted by Gasteiger charge is 2.33. The lowest BCUT2D eigenvalue weighted by Gasteiger charge is -2.44. The van der Waals surface area contributed by atoms with Crippen molar-refractivity contribution in [3.8, 4) is 0 Å². The predicted octanol–water partition coefficient (Wildman–Crippen LogP) is 2.22. The molecule has 1 N–H and O–H groups in total. The van der Waals surface area contributed by atoms with Gasteiger partial charge in [0, 0.05) is 17.5 Å². The molecule has 0 spiro atoms. The quantitative estimate of drug-likeness (QED) is 0.841. The van der Waals surface area contributed by atoms with Gasteiger partial charge in [0.15, 0.2) is 0 Å². The fraction of sp³-hybridized carbons (Fsp3) is 0.579. The molecular weight excluding hydrogens is 304 g/mol. The first kappa shape index (κ1) is 17.0. The van der Waals surface area contributed by atoms with Crippen molar-refractivity contribution in [1.29, 1.82) is 0 Å². The van der Waals surface area contributed by atoms with Crippen LogP contribution >= 0.6 is 0 Å². The Hall–Kier alpha value is -1.88. The molecule has 2 aliphatic heterocycles. The zero-order valence-corrected chi connectivity index (χ0v) is 14.1. The van der Waals surface area contributed by atoms with Gasteiger partial charge in [-0.05, 0) is 50.9 Å². The Morgan fingerprint density at radius 3 is 2.71 bits per heavy atom. The summed E-state index contributed by atoms with van der Waals surface area (Å²) in [7, 11) is 0. The van der Waals surface area contributed by atoms with E-state index in [4.69, 9.17) is 4.74 Å². The van der Waals surface area contributed by atoms with Crippen molar-refractivity contribution in [1.82, 2.24) is 10.2 Å². The molecule has 130 valence electrons. The SMILES string of the molecule is O=C(CNC(=O)c1ccccc1)OC[C@@H]1CCCN2CCCC[C@H]12. The van der Waals surface area contributed by atoms with Crippen molar-refractivity contribution in [3.63, 3.8) is 0 Å². The molecule has 24 heavy (non-hydrogen) atoms. The Balaban J connectivity index is 1.41. The van der Waals surface area contributed by atoms with Gasteiger partial charge in [-0.15, -0.1) is 0 Å². The Morgan fingerprint density at radius 2 is 1.88 bits per heavy atom. The summed E-state index contributed by atoms with van der Waals surface area (Å²) >= 11 is 0. The highest BCUT2D eigenvalue weighted by molar-refractivity contribution is 5.95. The second-order valence-corrected chi connectivity index (χ2v) is 6.73. The summed E-state index contributed by atoms with van der Waals surface area (Å²) in [4.78, 5) is 26.4. The van der Waals surface area contributed by atoms with Crippen LogP contribution in [-0.2, 0) is 9.53 Å². The van der Waals surface area contributed by atoms with E-state index in [1.165, 1.54) is 38.8 Å². The van der Waals surface area contributed by atoms with Gasteiger partial charge in [-0.25, -0.2) is 0 Å². The number of carbonyl (C=O) groups excluding carboxylic acids is 2. The molecule has 1 amide bonds. The van der Waals surface area contributed by atoms with Gasteiger partial charge in [-0.3, -0.25) is 14.5 Å². The molecule has 1 aromatic carbocycles. The minimum atomic E-state index is -0.354. The summed E-state index contributed by atoms with van der Waals surface area (Å²) in [5.74, 6) is -0.163. The molecular formula is C19H26N2O3. The van der Waals surface area contributed by atoms with E-state index in [1.54, 1.807) is 24.3 Å². The number of fused-ring (bicyclic) bond motifs is 1. The van der Waals surface area contributed by atoms with E-state index in [9.17, 15) is 9.59 Å². The first-order valence-electron chi connectivity index (χ1n) is 8.97. The van der Waals surface area contributed by atoms with Gasteiger partial charge in [-0.2, -0.15) is 0 Å². The van der Waals surface area contributed by atoms with Crippen LogP contribution in [0.3, 0.4) is 0 Å². The first-order valence-corrected chi connectivity index (χ1v) is 8.97. The third-order valence-corrected chi connectivity index (χ3v) is 5.12. The van der Waals surface area contributed by atoms with Crippen molar-refractivity contribution in [3.05, 3.63) is 35.9 Å². The second-order valence-electron chi connectivity index (χ2n) is 6.73. The normalized spacial score (nSPS) is 24.0. The molecule has 0 bridgehead atoms. The lowest BCUT2D eigenvalue weighted by molar-refractivity contribution is -0.145. The van der Waals surface area contributed by atoms with E-state index in [0.29, 0.717) is 24.1 Å². The van der Waals surface area contributed by atoms with Crippen molar-refractivity contribution in [2.24, 2.45) is 5.92 Å². The van der Waals surface area contributed by atoms with Crippen LogP contribution in [0, 0.1) is 5.92 Å². The number of esters is 1. The topological polar surface area (TPSA) is 58.6 Å². The van der Waals surface area contributed by atoms with Gasteiger partial charge in [-0.1, -0.05) is 24.6 Å². The maximum atomic E-state index is 11.9. The number of amides is 1. The number of rotatable bonds is 5. The van der Waals surface area contributed by atoms with Crippen LogP contribution in [-0.4, -0.2) is 49.1 Å². The van der Waals surface area contributed by atoms with Crippen LogP contribution in [0.15, 0.2) is 30.3 Å². The highest BCUT2D eigenvalue weighted by atomic mass is 16.5. The molecule has 2 fully saturated rings. The Bertz CT molecular complexity index is 559. The van der Waals surface area contributed by atoms with E-state index >= 15 is 0 Å². The van der Waals surface area contributed by atoms with Crippen molar-refractivity contribution < 1.29 is 14.3 Å². The van der Waals surface area contributed by atoms with Gasteiger partial charge in [0.05, 0.1) is 6.61 Å². The number of benzene rings is 1. The molecule has 5 nitrogen and oxygen atoms in total. The number of hydrogen-bond acceptors (Lipinski definition) is 4. The monoisotopic (exact) mass is 330 g/mol. The van der Waals surface area contributed by atoms with Gasteiger partial charge >= 0.3 is 5.97 Å². The maximum absolute atomic E-state index is 11.9. The fourth-order valence-corrected chi connectivity index (χ4v) is 3.87. The van der Waals surface area contributed by atoms with E-state index in [1.807, 2.05) is 6.07 Å². The molecule has 0 saturated carbocycles. The third-order valence-electron chi connectivity index (χ3n) is 5.12. The highest BCUT2D eigenvalue weighted by Crippen LogP contribution is 2.30. The zero-order valence-electron chi connectivity index (χ0n) is 14.1. The van der Waals surface area contributed by atoms with Gasteiger partial charge in [0.1, 0.15) is 6.54 Å². The third kappa shape index (κ3) is 4.35. The summed E-state index contributed by atoms with van der Waals surface area (Å²) in [6.07, 6.45) is 6.09. The molecule has 3 rings (SSSR count). The average Bonchev–Trinajstić information content (AvgIpc) is 2.65. The smallest absolute Gasteiger partial charge is 0.325 e. The van der Waals surface area contributed by atoms with Crippen molar-refractivity contribution >= 4 is 11.9 Å². The number of piperidine rings is 2. The molecule has 5 heteroatoms. The van der Waals surface area contributed by atoms with Crippen molar-refractivity contribution in [2.45, 2.75) is 38.1 Å². The summed E-state index contributed by atoms with van der Waals surface area (Å²) in [5, 5.41) is 2.62. The fourth-order valence-electron chi connectivity index (χ4n) is 3.87. The average molecular weight is 330 g/mol. The number of nitrogens with one attached hydrogen (secondary N) is 1. The van der Waals surface area contributed by atoms with Crippen LogP contribution in [0.2, 0.25) is 0 Å². The minimum Gasteiger partial charge on any atom is -0.464 e. The van der Waals surface area contributed by atoms with Crippen LogP contribution in [0.5, 0.6) is 0 Å². The summed E-state index contributed by atoms with van der Waals surface area (Å²) < 4.78 is 5.44. The molecule has 2 aliphatic rings. The Labute approximate surface area is 143 Å². The van der Waals surface area contributed by atoms with Crippen LogP contribution in [0.4, 0.5) is 0 Å². The Kier molecular flexibility index (Phi) is 5.86. The van der Waals surface area contributed by atoms with E-state index in [-0.39, 0.29) is 18.4 Å². The van der Waals surface area contributed by atoms with Crippen LogP contribution < -0.4 is 5.32 Å². The molecule has 0 unspecified atom stereocenters. The molecule has 2 saturated heterocycles. The molecule has 0 aliphatic carbocycles. The second kappa shape index (κ2) is 8.29. The summed E-state index contributed by atoms with van der Waals surface area (Å²) in [5.41, 5.74) is 0.551. The Morgan fingerprint density at radius 1 is 1.08 bits per heavy atom. The molecule has 2 atom stereocenters. The zero-order chi connectivity index (χ0) is 16.8. The first-order chi connectivity index (χ1) is 11.7. The van der Waals surface area contributed by atoms with E-state index in [0.717, 1.165) is 6.42 Å². The van der Waals surface area contributed by atoms with Crippen LogP contribution in [0.25, 0.3) is 0 Å². The van der Waals surface area contributed by atoms with Gasteiger partial charge in [0.25, 0.3) is 5.91 Å². The minimum absolute atomic E-state index is 0.0746. The number of hydrogen-bond donors (Lipinski definition) is 1. The predicted molar refractivity (Wildman–Crippen MR) is 91.7 cm³/mol. The van der Waals surface area contributed by atoms with E-state index in [2.05, 4.69) is 10.2 Å². The lowest BCUT2D eigenvalue weighted by Crippen LogP contribution is -2.49. The lowest BCUT2D eigenvalue weighted by atomic mass is 9.84. The van der Waals surface area contributed by atoms with E-state index < -0.39 is 0 Å². The number of carbonyl (C=O) groups is 2. The van der Waals surface area contributed by atoms with Crippen molar-refractivity contribution in [2.75, 3.05) is 26.2 Å². The maximum Gasteiger partial charge on any atom is 0.325 e. The standard InChI is InChI=1S/C19H26N2O3/c22-18(13-20-19(23)15-7-2-1-3-8-15)24-14-16-9-6-12-21-11-5-4-10-17(16)21/h1-3,7-8,16-17H,4-6,9-14H2,(H,20,23)/t16-,17+/m0/s1.